The highest BCUT2D eigenvalue weighted by Gasteiger charge is 2.14. The summed E-state index contributed by atoms with van der Waals surface area (Å²) in [6.45, 7) is 0. The summed E-state index contributed by atoms with van der Waals surface area (Å²) >= 11 is 3.22. The lowest BCUT2D eigenvalue weighted by Gasteiger charge is -1.96. The summed E-state index contributed by atoms with van der Waals surface area (Å²) in [6, 6.07) is 5.64. The van der Waals surface area contributed by atoms with E-state index in [0.717, 1.165) is 0 Å². The molecule has 0 N–H and O–H groups in total. The van der Waals surface area contributed by atoms with Gasteiger partial charge in [0.25, 0.3) is 0 Å². The molecule has 2 aromatic heterocycles. The number of hydrogen-bond acceptors (Lipinski definition) is 3. The second kappa shape index (κ2) is 3.31. The molecule has 2 heterocycles. The molecule has 4 nitrogen and oxygen atoms in total. The first-order chi connectivity index (χ1) is 6.74. The minimum atomic E-state index is 0.483. The first kappa shape index (κ1) is 9.03. The van der Waals surface area contributed by atoms with Crippen molar-refractivity contribution in [2.75, 3.05) is 0 Å². The molecular weight excluding hydrogens is 246 g/mol. The standard InChI is InChI=1S/C9H6BrN3O/c1-13-6(5-11)8(10)12-9(13)7-3-2-4-14-7/h2-4H,1H3. The van der Waals surface area contributed by atoms with Crippen LogP contribution in [0.5, 0.6) is 0 Å². The van der Waals surface area contributed by atoms with Crippen LogP contribution in [0.3, 0.4) is 0 Å². The highest BCUT2D eigenvalue weighted by atomic mass is 79.9. The molecule has 0 amide bonds. The lowest BCUT2D eigenvalue weighted by atomic mass is 10.4. The van der Waals surface area contributed by atoms with Gasteiger partial charge < -0.3 is 8.98 Å². The van der Waals surface area contributed by atoms with Crippen LogP contribution in [0.15, 0.2) is 27.4 Å². The van der Waals surface area contributed by atoms with E-state index in [0.29, 0.717) is 21.9 Å². The van der Waals surface area contributed by atoms with Crippen molar-refractivity contribution in [3.8, 4) is 17.7 Å². The van der Waals surface area contributed by atoms with Crippen LogP contribution in [0, 0.1) is 11.3 Å². The number of nitriles is 1. The van der Waals surface area contributed by atoms with E-state index < -0.39 is 0 Å². The van der Waals surface area contributed by atoms with Crippen LogP contribution >= 0.6 is 15.9 Å². The molecule has 0 atom stereocenters. The number of hydrogen-bond donors (Lipinski definition) is 0. The van der Waals surface area contributed by atoms with Crippen LogP contribution in [0.25, 0.3) is 11.6 Å². The van der Waals surface area contributed by atoms with E-state index in [4.69, 9.17) is 9.68 Å². The Morgan fingerprint density at radius 1 is 1.64 bits per heavy atom. The van der Waals surface area contributed by atoms with Crippen LogP contribution in [-0.4, -0.2) is 9.55 Å². The maximum Gasteiger partial charge on any atom is 0.178 e. The molecule has 0 radical (unpaired) electrons. The largest absolute Gasteiger partial charge is 0.461 e. The molecule has 0 saturated carbocycles. The van der Waals surface area contributed by atoms with E-state index >= 15 is 0 Å². The van der Waals surface area contributed by atoms with Crippen molar-refractivity contribution in [3.05, 3.63) is 28.7 Å². The van der Waals surface area contributed by atoms with Crippen LogP contribution in [0.4, 0.5) is 0 Å². The highest BCUT2D eigenvalue weighted by Crippen LogP contribution is 2.24. The molecule has 2 aromatic rings. The predicted octanol–water partition coefficient (Wildman–Crippen LogP) is 2.31. The Bertz CT molecular complexity index is 493. The molecule has 2 rings (SSSR count). The van der Waals surface area contributed by atoms with Gasteiger partial charge >= 0.3 is 0 Å². The molecule has 0 aromatic carbocycles. The molecule has 0 unspecified atom stereocenters. The van der Waals surface area contributed by atoms with Gasteiger partial charge in [0.15, 0.2) is 17.3 Å². The number of imidazole rings is 1. The van der Waals surface area contributed by atoms with Crippen LogP contribution in [0.1, 0.15) is 5.69 Å². The average molecular weight is 252 g/mol. The SMILES string of the molecule is Cn1c(-c2ccco2)nc(Br)c1C#N. The topological polar surface area (TPSA) is 54.8 Å². The number of halogens is 1. The zero-order chi connectivity index (χ0) is 10.1. The maximum absolute atomic E-state index is 8.84. The molecule has 14 heavy (non-hydrogen) atoms. The zero-order valence-corrected chi connectivity index (χ0v) is 8.95. The molecule has 0 spiro atoms. The lowest BCUT2D eigenvalue weighted by Crippen LogP contribution is -1.94. The Balaban J connectivity index is 2.63. The molecule has 0 bridgehead atoms. The van der Waals surface area contributed by atoms with Crippen LogP contribution < -0.4 is 0 Å². The summed E-state index contributed by atoms with van der Waals surface area (Å²) in [6.07, 6.45) is 1.57. The third-order valence-corrected chi connectivity index (χ3v) is 2.45. The van der Waals surface area contributed by atoms with Gasteiger partial charge in [-0.25, -0.2) is 4.98 Å². The molecule has 0 saturated heterocycles. The smallest absolute Gasteiger partial charge is 0.178 e. The van der Waals surface area contributed by atoms with E-state index in [9.17, 15) is 0 Å². The minimum absolute atomic E-state index is 0.483. The molecule has 70 valence electrons. The maximum atomic E-state index is 8.84. The van der Waals surface area contributed by atoms with Gasteiger partial charge in [-0.15, -0.1) is 0 Å². The van der Waals surface area contributed by atoms with Gasteiger partial charge in [-0.1, -0.05) is 0 Å². The van der Waals surface area contributed by atoms with Crippen molar-refractivity contribution in [3.63, 3.8) is 0 Å². The number of nitrogens with zero attached hydrogens (tertiary/aromatic N) is 3. The number of aromatic nitrogens is 2. The fourth-order valence-electron chi connectivity index (χ4n) is 1.21. The van der Waals surface area contributed by atoms with Crippen LogP contribution in [0.2, 0.25) is 0 Å². The minimum Gasteiger partial charge on any atom is -0.461 e. The number of furan rings is 1. The van der Waals surface area contributed by atoms with Gasteiger partial charge in [-0.05, 0) is 28.1 Å². The Morgan fingerprint density at radius 2 is 2.43 bits per heavy atom. The Morgan fingerprint density at radius 3 is 2.93 bits per heavy atom. The fourth-order valence-corrected chi connectivity index (χ4v) is 1.74. The Labute approximate surface area is 88.9 Å². The number of rotatable bonds is 1. The van der Waals surface area contributed by atoms with Crippen molar-refractivity contribution in [2.24, 2.45) is 7.05 Å². The monoisotopic (exact) mass is 251 g/mol. The van der Waals surface area contributed by atoms with Crippen molar-refractivity contribution < 1.29 is 4.42 Å². The van der Waals surface area contributed by atoms with Crippen molar-refractivity contribution in [1.29, 1.82) is 5.26 Å². The average Bonchev–Trinajstić information content (AvgIpc) is 2.74. The molecule has 0 aliphatic rings. The summed E-state index contributed by atoms with van der Waals surface area (Å²) in [5, 5.41) is 8.84. The summed E-state index contributed by atoms with van der Waals surface area (Å²) in [5.74, 6) is 1.29. The zero-order valence-electron chi connectivity index (χ0n) is 7.36. The summed E-state index contributed by atoms with van der Waals surface area (Å²) in [7, 11) is 1.77. The van der Waals surface area contributed by atoms with Gasteiger partial charge in [0.2, 0.25) is 0 Å². The summed E-state index contributed by atoms with van der Waals surface area (Å²) < 4.78 is 7.42. The second-order valence-electron chi connectivity index (χ2n) is 2.72. The summed E-state index contributed by atoms with van der Waals surface area (Å²) in [5.41, 5.74) is 0.483. The fraction of sp³-hybridized carbons (Fsp3) is 0.111. The van der Waals surface area contributed by atoms with E-state index in [1.807, 2.05) is 0 Å². The quantitative estimate of drug-likeness (QED) is 0.782. The van der Waals surface area contributed by atoms with E-state index in [1.165, 1.54) is 0 Å². The van der Waals surface area contributed by atoms with Crippen molar-refractivity contribution >= 4 is 15.9 Å². The third kappa shape index (κ3) is 1.24. The molecule has 0 fully saturated rings. The predicted molar refractivity (Wildman–Crippen MR) is 53.3 cm³/mol. The first-order valence-electron chi connectivity index (χ1n) is 3.90. The van der Waals surface area contributed by atoms with Gasteiger partial charge in [0.05, 0.1) is 6.26 Å². The normalized spacial score (nSPS) is 10.1. The van der Waals surface area contributed by atoms with Crippen molar-refractivity contribution in [1.82, 2.24) is 9.55 Å². The lowest BCUT2D eigenvalue weighted by molar-refractivity contribution is 0.574. The van der Waals surface area contributed by atoms with Gasteiger partial charge in [-0.3, -0.25) is 0 Å². The van der Waals surface area contributed by atoms with E-state index in [2.05, 4.69) is 27.0 Å². The molecule has 0 aliphatic carbocycles. The van der Waals surface area contributed by atoms with Gasteiger partial charge in [0, 0.05) is 7.05 Å². The van der Waals surface area contributed by atoms with Crippen LogP contribution in [-0.2, 0) is 7.05 Å². The second-order valence-corrected chi connectivity index (χ2v) is 3.47. The van der Waals surface area contributed by atoms with E-state index in [1.54, 1.807) is 30.0 Å². The van der Waals surface area contributed by atoms with Gasteiger partial charge in [-0.2, -0.15) is 5.26 Å². The molecule has 0 aliphatic heterocycles. The first-order valence-corrected chi connectivity index (χ1v) is 4.69. The molecular formula is C9H6BrN3O. The Hall–Kier alpha value is -1.54. The Kier molecular flexibility index (Phi) is 2.14. The van der Waals surface area contributed by atoms with E-state index in [-0.39, 0.29) is 0 Å². The third-order valence-electron chi connectivity index (χ3n) is 1.90. The van der Waals surface area contributed by atoms with Crippen molar-refractivity contribution in [2.45, 2.75) is 0 Å². The van der Waals surface area contributed by atoms with Gasteiger partial charge in [0.1, 0.15) is 10.7 Å². The summed E-state index contributed by atoms with van der Waals surface area (Å²) in [4.78, 5) is 4.19. The highest BCUT2D eigenvalue weighted by molar-refractivity contribution is 9.10. The molecule has 5 heteroatoms.